The molecule has 0 unspecified atom stereocenters. The van der Waals surface area contributed by atoms with Crippen molar-refractivity contribution in [3.05, 3.63) is 11.3 Å². The van der Waals surface area contributed by atoms with E-state index in [4.69, 9.17) is 11.5 Å². The first kappa shape index (κ1) is 8.50. The van der Waals surface area contributed by atoms with Crippen LogP contribution in [-0.2, 0) is 0 Å². The Labute approximate surface area is 56.9 Å². The van der Waals surface area contributed by atoms with Crippen molar-refractivity contribution in [1.82, 2.24) is 0 Å². The molecule has 2 nitrogen and oxygen atoms in total. The Balaban J connectivity index is 4.01. The molecule has 0 aliphatic rings. The van der Waals surface area contributed by atoms with E-state index in [9.17, 15) is 0 Å². The molecule has 0 saturated carbocycles. The van der Waals surface area contributed by atoms with E-state index in [1.807, 2.05) is 0 Å². The molecule has 0 saturated heterocycles. The summed E-state index contributed by atoms with van der Waals surface area (Å²) in [6, 6.07) is 0. The Morgan fingerprint density at radius 1 is 1.22 bits per heavy atom. The minimum absolute atomic E-state index is 0.497. The van der Waals surface area contributed by atoms with Gasteiger partial charge >= 0.3 is 0 Å². The summed E-state index contributed by atoms with van der Waals surface area (Å²) in [7, 11) is 0. The monoisotopic (exact) mass is 128 g/mol. The summed E-state index contributed by atoms with van der Waals surface area (Å²) in [5.41, 5.74) is 13.1. The lowest BCUT2D eigenvalue weighted by Crippen LogP contribution is -2.13. The van der Waals surface area contributed by atoms with E-state index in [-0.39, 0.29) is 0 Å². The molecule has 0 fully saturated rings. The third-order valence-electron chi connectivity index (χ3n) is 1.53. The lowest BCUT2D eigenvalue weighted by atomic mass is 10.1. The summed E-state index contributed by atoms with van der Waals surface area (Å²) in [5, 5.41) is 0. The van der Waals surface area contributed by atoms with Gasteiger partial charge in [-0.1, -0.05) is 19.4 Å². The van der Waals surface area contributed by atoms with Gasteiger partial charge in [0, 0.05) is 12.2 Å². The first-order valence-electron chi connectivity index (χ1n) is 3.42. The van der Waals surface area contributed by atoms with E-state index in [1.54, 1.807) is 0 Å². The van der Waals surface area contributed by atoms with Gasteiger partial charge in [0.15, 0.2) is 0 Å². The van der Waals surface area contributed by atoms with E-state index in [0.717, 1.165) is 18.5 Å². The molecule has 9 heavy (non-hydrogen) atoms. The second-order valence-corrected chi connectivity index (χ2v) is 2.04. The topological polar surface area (TPSA) is 52.0 Å². The minimum Gasteiger partial charge on any atom is -0.401 e. The van der Waals surface area contributed by atoms with Crippen molar-refractivity contribution in [2.45, 2.75) is 26.7 Å². The molecule has 0 radical (unpaired) electrons. The first-order chi connectivity index (χ1) is 4.26. The quantitative estimate of drug-likeness (QED) is 0.595. The molecule has 0 aromatic carbocycles. The Kier molecular flexibility index (Phi) is 4.14. The molecule has 54 valence electrons. The Hall–Kier alpha value is -0.500. The van der Waals surface area contributed by atoms with Gasteiger partial charge in [-0.25, -0.2) is 0 Å². The standard InChI is InChI=1S/C7H16N2/c1-3-6(4-2)7(9)5-8/h3-5,8-9H2,1-2H3. The zero-order valence-corrected chi connectivity index (χ0v) is 6.28. The molecule has 2 heteroatoms. The zero-order valence-electron chi connectivity index (χ0n) is 6.28. The van der Waals surface area contributed by atoms with Crippen LogP contribution in [0.1, 0.15) is 26.7 Å². The fourth-order valence-electron chi connectivity index (χ4n) is 0.848. The van der Waals surface area contributed by atoms with E-state index >= 15 is 0 Å². The van der Waals surface area contributed by atoms with Crippen LogP contribution in [0.4, 0.5) is 0 Å². The van der Waals surface area contributed by atoms with E-state index in [1.165, 1.54) is 5.57 Å². The number of nitrogens with two attached hydrogens (primary N) is 2. The predicted octanol–water partition coefficient (Wildman–Crippen LogP) is 0.978. The van der Waals surface area contributed by atoms with Crippen LogP contribution in [0.2, 0.25) is 0 Å². The van der Waals surface area contributed by atoms with Crippen LogP contribution in [0.25, 0.3) is 0 Å². The summed E-state index contributed by atoms with van der Waals surface area (Å²) in [6.45, 7) is 4.69. The van der Waals surface area contributed by atoms with Gasteiger partial charge < -0.3 is 11.5 Å². The highest BCUT2D eigenvalue weighted by atomic mass is 14.7. The average Bonchev–Trinajstić information content (AvgIpc) is 1.90. The lowest BCUT2D eigenvalue weighted by Gasteiger charge is -2.03. The molecule has 0 bridgehead atoms. The van der Waals surface area contributed by atoms with Crippen LogP contribution in [0.5, 0.6) is 0 Å². The summed E-state index contributed by atoms with van der Waals surface area (Å²) in [5.74, 6) is 0. The van der Waals surface area contributed by atoms with E-state index in [0.29, 0.717) is 6.54 Å². The highest BCUT2D eigenvalue weighted by Crippen LogP contribution is 2.06. The van der Waals surface area contributed by atoms with Crippen LogP contribution in [-0.4, -0.2) is 6.54 Å². The second kappa shape index (κ2) is 4.39. The molecule has 0 heterocycles. The zero-order chi connectivity index (χ0) is 7.28. The lowest BCUT2D eigenvalue weighted by molar-refractivity contribution is 0.912. The molecular weight excluding hydrogens is 112 g/mol. The molecule has 0 atom stereocenters. The van der Waals surface area contributed by atoms with Gasteiger partial charge in [0.2, 0.25) is 0 Å². The number of allylic oxidation sites excluding steroid dienone is 1. The van der Waals surface area contributed by atoms with Gasteiger partial charge in [0.1, 0.15) is 0 Å². The fourth-order valence-corrected chi connectivity index (χ4v) is 0.848. The fraction of sp³-hybridized carbons (Fsp3) is 0.714. The molecule has 4 N–H and O–H groups in total. The van der Waals surface area contributed by atoms with E-state index in [2.05, 4.69) is 13.8 Å². The van der Waals surface area contributed by atoms with Gasteiger partial charge in [-0.15, -0.1) is 0 Å². The highest BCUT2D eigenvalue weighted by Gasteiger charge is 1.94. The van der Waals surface area contributed by atoms with Crippen LogP contribution < -0.4 is 11.5 Å². The number of hydrogen-bond acceptors (Lipinski definition) is 2. The Bertz CT molecular complexity index is 99.5. The Morgan fingerprint density at radius 2 is 1.67 bits per heavy atom. The number of rotatable bonds is 3. The molecule has 0 amide bonds. The second-order valence-electron chi connectivity index (χ2n) is 2.04. The van der Waals surface area contributed by atoms with Crippen LogP contribution in [0.3, 0.4) is 0 Å². The summed E-state index contributed by atoms with van der Waals surface area (Å²) >= 11 is 0. The van der Waals surface area contributed by atoms with E-state index < -0.39 is 0 Å². The van der Waals surface area contributed by atoms with Crippen molar-refractivity contribution < 1.29 is 0 Å². The summed E-state index contributed by atoms with van der Waals surface area (Å²) < 4.78 is 0. The molecule has 0 aliphatic carbocycles. The molecule has 0 rings (SSSR count). The van der Waals surface area contributed by atoms with Gasteiger partial charge in [-0.05, 0) is 12.8 Å². The van der Waals surface area contributed by atoms with Gasteiger partial charge in [0.05, 0.1) is 0 Å². The molecular formula is C7H16N2. The van der Waals surface area contributed by atoms with Crippen LogP contribution >= 0.6 is 0 Å². The van der Waals surface area contributed by atoms with Crippen molar-refractivity contribution in [2.24, 2.45) is 11.5 Å². The maximum Gasteiger partial charge on any atom is 0.0326 e. The summed E-state index contributed by atoms with van der Waals surface area (Å²) in [6.07, 6.45) is 2.05. The SMILES string of the molecule is CCC(CC)=C(N)CN. The summed E-state index contributed by atoms with van der Waals surface area (Å²) in [4.78, 5) is 0. The predicted molar refractivity (Wildman–Crippen MR) is 40.8 cm³/mol. The van der Waals surface area contributed by atoms with Crippen LogP contribution in [0.15, 0.2) is 11.3 Å². The van der Waals surface area contributed by atoms with Gasteiger partial charge in [-0.3, -0.25) is 0 Å². The number of hydrogen-bond donors (Lipinski definition) is 2. The molecule has 0 aromatic rings. The maximum atomic E-state index is 5.59. The van der Waals surface area contributed by atoms with Crippen molar-refractivity contribution in [2.75, 3.05) is 6.54 Å². The normalized spacial score (nSPS) is 9.22. The van der Waals surface area contributed by atoms with Crippen molar-refractivity contribution in [3.8, 4) is 0 Å². The van der Waals surface area contributed by atoms with Gasteiger partial charge in [-0.2, -0.15) is 0 Å². The molecule has 0 aliphatic heterocycles. The smallest absolute Gasteiger partial charge is 0.0326 e. The largest absolute Gasteiger partial charge is 0.401 e. The van der Waals surface area contributed by atoms with Crippen LogP contribution in [0, 0.1) is 0 Å². The van der Waals surface area contributed by atoms with Crippen molar-refractivity contribution >= 4 is 0 Å². The Morgan fingerprint density at radius 3 is 1.78 bits per heavy atom. The first-order valence-corrected chi connectivity index (χ1v) is 3.42. The minimum atomic E-state index is 0.497. The maximum absolute atomic E-state index is 5.59. The third-order valence-corrected chi connectivity index (χ3v) is 1.53. The van der Waals surface area contributed by atoms with Crippen molar-refractivity contribution in [3.63, 3.8) is 0 Å². The average molecular weight is 128 g/mol. The molecule has 0 aromatic heterocycles. The van der Waals surface area contributed by atoms with Gasteiger partial charge in [0.25, 0.3) is 0 Å². The highest BCUT2D eigenvalue weighted by molar-refractivity contribution is 5.10. The third kappa shape index (κ3) is 2.51. The van der Waals surface area contributed by atoms with Crippen molar-refractivity contribution in [1.29, 1.82) is 0 Å². The molecule has 0 spiro atoms.